The van der Waals surface area contributed by atoms with Gasteiger partial charge in [-0.25, -0.2) is 19.2 Å². The number of hydrogen-bond acceptors (Lipinski definition) is 27. The molecule has 1 saturated heterocycles. The summed E-state index contributed by atoms with van der Waals surface area (Å²) in [6, 6.07) is 63.0. The molecular weight excluding hydrogens is 1870 g/mol. The van der Waals surface area contributed by atoms with Crippen molar-refractivity contribution in [1.29, 1.82) is 0 Å². The Morgan fingerprint density at radius 1 is 0.344 bits per heavy atom. The summed E-state index contributed by atoms with van der Waals surface area (Å²) in [6.07, 6.45) is -2.98. The van der Waals surface area contributed by atoms with Gasteiger partial charge in [0.25, 0.3) is 25.0 Å². The van der Waals surface area contributed by atoms with Gasteiger partial charge in [0.2, 0.25) is 7.59 Å². The molecule has 6 aromatic rings. The van der Waals surface area contributed by atoms with Crippen molar-refractivity contribution in [2.24, 2.45) is 0 Å². The van der Waals surface area contributed by atoms with Crippen LogP contribution in [-0.4, -0.2) is 318 Å². The Morgan fingerprint density at radius 3 is 0.802 bits per heavy atom. The van der Waals surface area contributed by atoms with Crippen LogP contribution in [0, 0.1) is 0 Å². The van der Waals surface area contributed by atoms with Gasteiger partial charge in [-0.1, -0.05) is 314 Å². The molecule has 0 saturated carbocycles. The van der Waals surface area contributed by atoms with E-state index in [1.165, 1.54) is 45.0 Å². The van der Waals surface area contributed by atoms with E-state index in [4.69, 9.17) is 179 Å². The number of aliphatic hydroxyl groups excluding tert-OH is 4. The van der Waals surface area contributed by atoms with E-state index in [2.05, 4.69) is 213 Å². The first kappa shape index (κ1) is 122. The monoisotopic (exact) mass is 2010 g/mol. The van der Waals surface area contributed by atoms with Crippen LogP contribution in [0.25, 0.3) is 0 Å². The van der Waals surface area contributed by atoms with Gasteiger partial charge < -0.3 is 115 Å². The number of carboxylic acid groups (broad SMARTS) is 1. The highest BCUT2D eigenvalue weighted by molar-refractivity contribution is 7.00. The fourth-order valence-corrected chi connectivity index (χ4v) is 26.8. The van der Waals surface area contributed by atoms with Crippen LogP contribution in [0.15, 0.2) is 182 Å². The molecule has 0 aliphatic carbocycles. The molecule has 1 aliphatic heterocycles. The number of rotatable bonds is 43. The van der Waals surface area contributed by atoms with Crippen molar-refractivity contribution in [2.75, 3.05) is 211 Å². The second-order valence-corrected chi connectivity index (χ2v) is 49.9. The molecule has 1 fully saturated rings. The van der Waals surface area contributed by atoms with Crippen LogP contribution in [0.2, 0.25) is 15.1 Å². The first-order valence-electron chi connectivity index (χ1n) is 43.6. The number of alkyl halides is 6. The maximum absolute atomic E-state index is 11.9. The maximum Gasteiger partial charge on any atom is 0.335 e. The lowest BCUT2D eigenvalue weighted by Crippen LogP contribution is -2.66. The van der Waals surface area contributed by atoms with Crippen molar-refractivity contribution in [2.45, 2.75) is 137 Å². The molecule has 0 spiro atoms. The van der Waals surface area contributed by atoms with E-state index in [1.807, 2.05) is 36.4 Å². The number of benzene rings is 6. The molecule has 4 unspecified atom stereocenters. The normalized spacial score (nSPS) is 15.0. The van der Waals surface area contributed by atoms with Crippen molar-refractivity contribution in [3.8, 4) is 0 Å². The Morgan fingerprint density at radius 2 is 0.565 bits per heavy atom. The number of carboxylic acids is 1. The van der Waals surface area contributed by atoms with Gasteiger partial charge in [-0.15, -0.1) is 0 Å². The van der Waals surface area contributed by atoms with E-state index in [-0.39, 0.29) is 94.4 Å². The summed E-state index contributed by atoms with van der Waals surface area (Å²) >= 11 is 33.0. The van der Waals surface area contributed by atoms with Crippen molar-refractivity contribution in [3.05, 3.63) is 182 Å². The highest BCUT2D eigenvalue weighted by atomic mass is 35.6. The largest absolute Gasteiger partial charge is 0.479 e. The standard InChI is InChI=1S/C25H33Cl3O5Si.C23H32O5Si.C20H28O3Si.C13H24O7.C9H15Cl3O5.C4H10O3/c1-20(23(29)32-19-25(26,27)28)31-17-15-30-16-18-33-34(24(2,3)4,21-11-7-5-8-12-21)22-13-9-6-10-14-22;1-19(22(24)25)27-17-15-26-16-18-28-29(23(2,3)4,20-11-7-5-8-12-20)21-13-9-6-10-14-21;1-20(2,3)24(18-10-6-4-7-11-18,19-12-8-5-9-13-19)23-17-16-22-15-14-21;1-12-13(14)20-11-9-18-7-5-16-3-2-15-4-6-17-8-10-19-12;1-7(16-5-4-15-3-2-13)8(14)17-6-9(10,11)12;5-1-3-7-4-2-6/h5-14,20H,15-19H2,1-4H3;5-14,19H,15-18H2,1-4H3,(H,24,25);4-13,21H,14-17H2,1-3H3;12H,2-11H2,1H3;7,13H,2-6H2,1H3;5-6H,1-4H2. The van der Waals surface area contributed by atoms with E-state index < -0.39 is 80.8 Å². The average molecular weight is 2020 g/mol. The Balaban J connectivity index is 0.000000553. The van der Waals surface area contributed by atoms with E-state index in [0.717, 1.165) is 0 Å². The van der Waals surface area contributed by atoms with Crippen LogP contribution in [-0.2, 0) is 108 Å². The van der Waals surface area contributed by atoms with Gasteiger partial charge in [0.1, 0.15) is 19.8 Å². The average Bonchev–Trinajstić information content (AvgIpc) is 0.759. The highest BCUT2D eigenvalue weighted by Crippen LogP contribution is 2.39. The molecule has 6 aromatic carbocycles. The summed E-state index contributed by atoms with van der Waals surface area (Å²) in [5.41, 5.74) is 0. The van der Waals surface area contributed by atoms with Gasteiger partial charge in [0, 0.05) is 0 Å². The van der Waals surface area contributed by atoms with Crippen LogP contribution in [0.3, 0.4) is 0 Å². The Hall–Kier alpha value is -5.21. The molecule has 0 amide bonds. The third-order valence-corrected chi connectivity index (χ3v) is 34.7. The summed E-state index contributed by atoms with van der Waals surface area (Å²) in [5, 5.41) is 49.5. The fraction of sp³-hybridized carbons (Fsp3) is 0.574. The van der Waals surface area contributed by atoms with E-state index in [0.29, 0.717) is 132 Å². The van der Waals surface area contributed by atoms with E-state index in [1.54, 1.807) is 13.8 Å². The van der Waals surface area contributed by atoms with Gasteiger partial charge in [-0.3, -0.25) is 0 Å². The third-order valence-electron chi connectivity index (χ3n) is 18.9. The minimum absolute atomic E-state index is 0.0211. The zero-order valence-corrected chi connectivity index (χ0v) is 85.7. The Bertz CT molecular complexity index is 3720. The number of carbonyl (C=O) groups is 4. The second-order valence-electron chi connectivity index (χ2n) is 31.9. The molecule has 1 heterocycles. The molecule has 37 heteroatoms. The minimum atomic E-state index is -2.58. The number of ether oxygens (including phenoxy) is 16. The molecule has 0 bridgehead atoms. The first-order chi connectivity index (χ1) is 62.4. The molecule has 7 rings (SSSR count). The van der Waals surface area contributed by atoms with Crippen LogP contribution >= 0.6 is 69.6 Å². The van der Waals surface area contributed by atoms with Crippen molar-refractivity contribution in [3.63, 3.8) is 0 Å². The molecule has 28 nitrogen and oxygen atoms in total. The topological polar surface area (TPSA) is 345 Å². The van der Waals surface area contributed by atoms with E-state index in [9.17, 15) is 19.2 Å². The fourth-order valence-electron chi connectivity index (χ4n) is 12.8. The number of esters is 3. The molecule has 4 atom stereocenters. The number of aliphatic carboxylic acids is 1. The number of aliphatic hydroxyl groups is 4. The van der Waals surface area contributed by atoms with Gasteiger partial charge in [0.05, 0.1) is 192 Å². The molecular formula is C94H142Cl6O28Si3. The zero-order valence-electron chi connectivity index (χ0n) is 78.2. The SMILES string of the molecule is CC(C)(C)[Si](OCCOCCO)(c1ccccc1)c1ccccc1.CC(OCCOCCO)C(=O)OCC(Cl)(Cl)Cl.CC(OCCOCCO[Si](c1ccccc1)(c1ccccc1)C(C)(C)C)C(=O)O.CC(OCCOCCO[Si](c1ccccc1)(c1ccccc1)C(C)(C)C)C(=O)OCC(Cl)(Cl)Cl.CC1OCCOCCOCCOCCOCCOC1=O.OCCOCCO. The summed E-state index contributed by atoms with van der Waals surface area (Å²) in [4.78, 5) is 45.4. The van der Waals surface area contributed by atoms with Gasteiger partial charge >= 0.3 is 23.9 Å². The molecule has 131 heavy (non-hydrogen) atoms. The third kappa shape index (κ3) is 50.1. The highest BCUT2D eigenvalue weighted by Gasteiger charge is 2.53. The molecule has 1 aliphatic rings. The molecule has 0 radical (unpaired) electrons. The lowest BCUT2D eigenvalue weighted by Gasteiger charge is -2.43. The molecule has 0 aromatic heterocycles. The maximum atomic E-state index is 11.9. The van der Waals surface area contributed by atoms with Gasteiger partial charge in [0.15, 0.2) is 24.4 Å². The Kier molecular flexibility index (Phi) is 64.7. The smallest absolute Gasteiger partial charge is 0.335 e. The zero-order chi connectivity index (χ0) is 97.4. The molecule has 740 valence electrons. The van der Waals surface area contributed by atoms with E-state index >= 15 is 0 Å². The van der Waals surface area contributed by atoms with Crippen molar-refractivity contribution in [1.82, 2.24) is 0 Å². The minimum Gasteiger partial charge on any atom is -0.479 e. The predicted octanol–water partition coefficient (Wildman–Crippen LogP) is 10.9. The van der Waals surface area contributed by atoms with Crippen molar-refractivity contribution >= 4 is 150 Å². The van der Waals surface area contributed by atoms with Crippen LogP contribution in [0.1, 0.15) is 90.0 Å². The first-order valence-corrected chi connectivity index (χ1v) is 51.6. The van der Waals surface area contributed by atoms with Crippen molar-refractivity contribution < 1.29 is 134 Å². The lowest BCUT2D eigenvalue weighted by molar-refractivity contribution is -0.159. The number of halogens is 6. The Labute approximate surface area is 808 Å². The quantitative estimate of drug-likeness (QED) is 0.00780. The van der Waals surface area contributed by atoms with Crippen LogP contribution in [0.5, 0.6) is 0 Å². The number of carbonyl (C=O) groups excluding carboxylic acids is 3. The summed E-state index contributed by atoms with van der Waals surface area (Å²) in [5.74, 6) is -2.57. The predicted molar refractivity (Wildman–Crippen MR) is 519 cm³/mol. The summed E-state index contributed by atoms with van der Waals surface area (Å²) in [7, 11) is -7.57. The van der Waals surface area contributed by atoms with Crippen LogP contribution < -0.4 is 31.1 Å². The summed E-state index contributed by atoms with van der Waals surface area (Å²) < 4.78 is 100.0. The van der Waals surface area contributed by atoms with Crippen LogP contribution in [0.4, 0.5) is 0 Å². The van der Waals surface area contributed by atoms with Gasteiger partial charge in [-0.05, 0) is 73.9 Å². The number of cyclic esters (lactones) is 1. The molecule has 5 N–H and O–H groups in total. The number of hydrogen-bond donors (Lipinski definition) is 5. The van der Waals surface area contributed by atoms with Gasteiger partial charge in [-0.2, -0.15) is 0 Å². The summed E-state index contributed by atoms with van der Waals surface area (Å²) in [6.45, 7) is 35.7. The second kappa shape index (κ2) is 69.6. The lowest BCUT2D eigenvalue weighted by atomic mass is 10.2.